The number of nitrogens with two attached hydrogens (primary N) is 1. The zero-order chi connectivity index (χ0) is 13.0. The van der Waals surface area contributed by atoms with Gasteiger partial charge in [0, 0.05) is 13.1 Å². The molecule has 0 heterocycles. The van der Waals surface area contributed by atoms with Crippen LogP contribution in [0.2, 0.25) is 0 Å². The number of carbonyl (C=O) groups is 1. The third kappa shape index (κ3) is 2.53. The first kappa shape index (κ1) is 13.0. The van der Waals surface area contributed by atoms with E-state index in [0.29, 0.717) is 25.1 Å². The monoisotopic (exact) mass is 250 g/mol. The number of hydrogen-bond donors (Lipinski definition) is 2. The molecule has 0 bridgehead atoms. The summed E-state index contributed by atoms with van der Waals surface area (Å²) in [5, 5.41) is 2.87. The molecule has 3 nitrogen and oxygen atoms in total. The third-order valence-electron chi connectivity index (χ3n) is 3.82. The Morgan fingerprint density at radius 3 is 2.67 bits per heavy atom. The lowest BCUT2D eigenvalue weighted by Crippen LogP contribution is -2.50. The van der Waals surface area contributed by atoms with Crippen molar-refractivity contribution in [3.05, 3.63) is 35.6 Å². The van der Waals surface area contributed by atoms with Gasteiger partial charge in [0.05, 0.1) is 5.41 Å². The van der Waals surface area contributed by atoms with Crippen molar-refractivity contribution in [1.29, 1.82) is 0 Å². The van der Waals surface area contributed by atoms with E-state index in [2.05, 4.69) is 5.32 Å². The third-order valence-corrected chi connectivity index (χ3v) is 3.82. The Labute approximate surface area is 107 Å². The molecule has 1 fully saturated rings. The number of amides is 1. The van der Waals surface area contributed by atoms with Crippen LogP contribution in [0.3, 0.4) is 0 Å². The van der Waals surface area contributed by atoms with Crippen molar-refractivity contribution in [2.75, 3.05) is 13.1 Å². The lowest BCUT2D eigenvalue weighted by molar-refractivity contribution is -0.135. The zero-order valence-electron chi connectivity index (χ0n) is 10.4. The number of hydrogen-bond acceptors (Lipinski definition) is 2. The van der Waals surface area contributed by atoms with Gasteiger partial charge in [-0.15, -0.1) is 0 Å². The molecule has 18 heavy (non-hydrogen) atoms. The summed E-state index contributed by atoms with van der Waals surface area (Å²) < 4.78 is 13.4. The molecule has 1 aliphatic rings. The number of halogens is 1. The second-order valence-electron chi connectivity index (χ2n) is 4.94. The molecule has 0 unspecified atom stereocenters. The molecular formula is C14H19FN2O. The Bertz CT molecular complexity index is 424. The fraction of sp³-hybridized carbons (Fsp3) is 0.500. The molecule has 0 radical (unpaired) electrons. The predicted octanol–water partition coefficient (Wildman–Crippen LogP) is 1.61. The minimum Gasteiger partial charge on any atom is -0.355 e. The first-order valence-corrected chi connectivity index (χ1v) is 6.40. The van der Waals surface area contributed by atoms with Crippen LogP contribution in [0.5, 0.6) is 0 Å². The van der Waals surface area contributed by atoms with Crippen molar-refractivity contribution >= 4 is 5.91 Å². The van der Waals surface area contributed by atoms with E-state index in [9.17, 15) is 9.18 Å². The number of carbonyl (C=O) groups excluding carboxylic acids is 1. The van der Waals surface area contributed by atoms with E-state index in [1.54, 1.807) is 18.2 Å². The second-order valence-corrected chi connectivity index (χ2v) is 4.94. The molecule has 0 saturated heterocycles. The number of rotatable bonds is 5. The highest BCUT2D eigenvalue weighted by Crippen LogP contribution is 2.39. The average Bonchev–Trinajstić information content (AvgIpc) is 2.31. The standard InChI is InChI=1S/C14H19FN2O/c15-12-5-2-1-4-11(12)6-9-17-13(18)14(10-16)7-3-8-14/h1-2,4-5H,3,6-10,16H2,(H,17,18). The predicted molar refractivity (Wildman–Crippen MR) is 68.5 cm³/mol. The molecule has 3 N–H and O–H groups in total. The van der Waals surface area contributed by atoms with Gasteiger partial charge in [-0.2, -0.15) is 0 Å². The van der Waals surface area contributed by atoms with Gasteiger partial charge in [-0.05, 0) is 30.9 Å². The molecule has 0 aliphatic heterocycles. The van der Waals surface area contributed by atoms with E-state index < -0.39 is 0 Å². The number of nitrogens with one attached hydrogen (secondary N) is 1. The van der Waals surface area contributed by atoms with Crippen molar-refractivity contribution in [3.63, 3.8) is 0 Å². The molecule has 1 aromatic carbocycles. The van der Waals surface area contributed by atoms with Crippen LogP contribution in [0.4, 0.5) is 4.39 Å². The van der Waals surface area contributed by atoms with E-state index in [4.69, 9.17) is 5.73 Å². The first-order valence-electron chi connectivity index (χ1n) is 6.40. The summed E-state index contributed by atoms with van der Waals surface area (Å²) in [5.41, 5.74) is 5.94. The highest BCUT2D eigenvalue weighted by molar-refractivity contribution is 5.83. The fourth-order valence-corrected chi connectivity index (χ4v) is 2.33. The van der Waals surface area contributed by atoms with Crippen LogP contribution in [-0.4, -0.2) is 19.0 Å². The molecule has 98 valence electrons. The Kier molecular flexibility index (Phi) is 3.97. The molecule has 1 amide bonds. The van der Waals surface area contributed by atoms with Crippen LogP contribution in [0.15, 0.2) is 24.3 Å². The van der Waals surface area contributed by atoms with E-state index in [0.717, 1.165) is 19.3 Å². The van der Waals surface area contributed by atoms with Crippen molar-refractivity contribution in [2.24, 2.45) is 11.1 Å². The summed E-state index contributed by atoms with van der Waals surface area (Å²) in [6.45, 7) is 0.861. The summed E-state index contributed by atoms with van der Waals surface area (Å²) in [5.74, 6) is -0.198. The average molecular weight is 250 g/mol. The van der Waals surface area contributed by atoms with Gasteiger partial charge in [0.25, 0.3) is 0 Å². The molecular weight excluding hydrogens is 231 g/mol. The van der Waals surface area contributed by atoms with Crippen molar-refractivity contribution < 1.29 is 9.18 Å². The van der Waals surface area contributed by atoms with Crippen LogP contribution in [0.1, 0.15) is 24.8 Å². The fourth-order valence-electron chi connectivity index (χ4n) is 2.33. The minimum absolute atomic E-state index is 0.0209. The highest BCUT2D eigenvalue weighted by atomic mass is 19.1. The Morgan fingerprint density at radius 1 is 1.39 bits per heavy atom. The Hall–Kier alpha value is -1.42. The lowest BCUT2D eigenvalue weighted by Gasteiger charge is -2.39. The van der Waals surface area contributed by atoms with E-state index >= 15 is 0 Å². The van der Waals surface area contributed by atoms with E-state index in [1.165, 1.54) is 6.07 Å². The van der Waals surface area contributed by atoms with Gasteiger partial charge in [0.2, 0.25) is 5.91 Å². The van der Waals surface area contributed by atoms with Crippen LogP contribution >= 0.6 is 0 Å². The van der Waals surface area contributed by atoms with Crippen LogP contribution in [0.25, 0.3) is 0 Å². The van der Waals surface area contributed by atoms with Gasteiger partial charge in [0.15, 0.2) is 0 Å². The largest absolute Gasteiger partial charge is 0.355 e. The molecule has 0 aromatic heterocycles. The quantitative estimate of drug-likeness (QED) is 0.834. The summed E-state index contributed by atoms with van der Waals surface area (Å²) >= 11 is 0. The number of benzene rings is 1. The van der Waals surface area contributed by atoms with Gasteiger partial charge >= 0.3 is 0 Å². The summed E-state index contributed by atoms with van der Waals surface area (Å²) in [7, 11) is 0. The highest BCUT2D eigenvalue weighted by Gasteiger charge is 2.42. The van der Waals surface area contributed by atoms with Gasteiger partial charge in [-0.25, -0.2) is 4.39 Å². The van der Waals surface area contributed by atoms with E-state index in [-0.39, 0.29) is 17.1 Å². The van der Waals surface area contributed by atoms with E-state index in [1.807, 2.05) is 0 Å². The van der Waals surface area contributed by atoms with Crippen molar-refractivity contribution in [1.82, 2.24) is 5.32 Å². The molecule has 0 spiro atoms. The Balaban J connectivity index is 1.82. The maximum Gasteiger partial charge on any atom is 0.227 e. The van der Waals surface area contributed by atoms with Crippen LogP contribution in [-0.2, 0) is 11.2 Å². The van der Waals surface area contributed by atoms with Gasteiger partial charge < -0.3 is 11.1 Å². The summed E-state index contributed by atoms with van der Waals surface area (Å²) in [6, 6.07) is 6.64. The summed E-state index contributed by atoms with van der Waals surface area (Å²) in [6.07, 6.45) is 3.32. The molecule has 0 atom stereocenters. The van der Waals surface area contributed by atoms with Crippen LogP contribution < -0.4 is 11.1 Å². The lowest BCUT2D eigenvalue weighted by atomic mass is 9.68. The van der Waals surface area contributed by atoms with Crippen molar-refractivity contribution in [2.45, 2.75) is 25.7 Å². The maximum absolute atomic E-state index is 13.4. The van der Waals surface area contributed by atoms with Crippen molar-refractivity contribution in [3.8, 4) is 0 Å². The van der Waals surface area contributed by atoms with Gasteiger partial charge in [-0.3, -0.25) is 4.79 Å². The molecule has 1 aliphatic carbocycles. The Morgan fingerprint density at radius 2 is 2.11 bits per heavy atom. The first-order chi connectivity index (χ1) is 8.68. The molecule has 1 saturated carbocycles. The second kappa shape index (κ2) is 5.48. The SMILES string of the molecule is NCC1(C(=O)NCCc2ccccc2F)CCC1. The van der Waals surface area contributed by atoms with Crippen LogP contribution in [0, 0.1) is 11.2 Å². The topological polar surface area (TPSA) is 55.1 Å². The normalized spacial score (nSPS) is 17.0. The van der Waals surface area contributed by atoms with Gasteiger partial charge in [-0.1, -0.05) is 24.6 Å². The smallest absolute Gasteiger partial charge is 0.227 e. The van der Waals surface area contributed by atoms with Gasteiger partial charge in [0.1, 0.15) is 5.82 Å². The molecule has 4 heteroatoms. The zero-order valence-corrected chi connectivity index (χ0v) is 10.4. The molecule has 2 rings (SSSR count). The maximum atomic E-state index is 13.4. The summed E-state index contributed by atoms with van der Waals surface area (Å²) in [4.78, 5) is 12.0. The minimum atomic E-state index is -0.352. The molecule has 1 aromatic rings.